The van der Waals surface area contributed by atoms with Gasteiger partial charge >= 0.3 is 0 Å². The van der Waals surface area contributed by atoms with Gasteiger partial charge in [-0.15, -0.1) is 0 Å². The molecule has 0 aliphatic rings. The Morgan fingerprint density at radius 2 is 1.50 bits per heavy atom. The predicted molar refractivity (Wildman–Crippen MR) is 46.0 cm³/mol. The first kappa shape index (κ1) is 9.89. The Labute approximate surface area is 70.3 Å². The zero-order chi connectivity index (χ0) is 7.82. The van der Waals surface area contributed by atoms with Crippen molar-refractivity contribution in [3.63, 3.8) is 0 Å². The fraction of sp³-hybridized carbons (Fsp3) is 0.667. The molecule has 2 nitrogen and oxygen atoms in total. The molecule has 0 saturated heterocycles. The van der Waals surface area contributed by atoms with Crippen LogP contribution < -0.4 is 0 Å². The maximum Gasteiger partial charge on any atom is 0.0625 e. The van der Waals surface area contributed by atoms with Crippen LogP contribution in [0.5, 0.6) is 0 Å². The van der Waals surface area contributed by atoms with E-state index in [-0.39, 0.29) is 6.62 Å². The van der Waals surface area contributed by atoms with Crippen LogP contribution in [0.4, 0.5) is 0 Å². The Bertz CT molecular complexity index is 140. The van der Waals surface area contributed by atoms with E-state index in [1.165, 1.54) is 0 Å². The third-order valence-electron chi connectivity index (χ3n) is 0.932. The summed E-state index contributed by atoms with van der Waals surface area (Å²) in [4.78, 5) is 0. The normalized spacial score (nSPS) is 8.80. The first-order chi connectivity index (χ1) is 4.81. The Morgan fingerprint density at radius 3 is 1.80 bits per heavy atom. The van der Waals surface area contributed by atoms with Crippen LogP contribution in [0.25, 0.3) is 0 Å². The molecule has 0 radical (unpaired) electrons. The lowest BCUT2D eigenvalue weighted by molar-refractivity contribution is 1.19. The molecule has 0 amide bonds. The van der Waals surface area contributed by atoms with E-state index in [0.717, 1.165) is 12.3 Å². The van der Waals surface area contributed by atoms with Crippen molar-refractivity contribution >= 4 is 22.1 Å². The molecule has 0 fully saturated rings. The van der Waals surface area contributed by atoms with Crippen molar-refractivity contribution in [2.75, 3.05) is 12.3 Å². The molecule has 0 unspecified atom stereocenters. The van der Waals surface area contributed by atoms with Crippen LogP contribution in [0.3, 0.4) is 0 Å². The van der Waals surface area contributed by atoms with E-state index in [9.17, 15) is 0 Å². The SMILES string of the molecule is N#CCCP(Br)CCC#N. The molecule has 0 spiro atoms. The minimum Gasteiger partial charge on any atom is -0.198 e. The van der Waals surface area contributed by atoms with E-state index < -0.39 is 0 Å². The van der Waals surface area contributed by atoms with Crippen molar-refractivity contribution in [2.45, 2.75) is 12.8 Å². The summed E-state index contributed by atoms with van der Waals surface area (Å²) in [6, 6.07) is 4.16. The van der Waals surface area contributed by atoms with Gasteiger partial charge in [0, 0.05) is 12.8 Å². The van der Waals surface area contributed by atoms with Crippen LogP contribution in [0.2, 0.25) is 0 Å². The number of nitriles is 2. The summed E-state index contributed by atoms with van der Waals surface area (Å²) in [5.41, 5.74) is 0. The molecule has 54 valence electrons. The van der Waals surface area contributed by atoms with Gasteiger partial charge in [0.2, 0.25) is 0 Å². The van der Waals surface area contributed by atoms with E-state index >= 15 is 0 Å². The summed E-state index contributed by atoms with van der Waals surface area (Å²) in [5.74, 6) is 0. The van der Waals surface area contributed by atoms with Crippen LogP contribution in [-0.2, 0) is 0 Å². The second-order valence-electron chi connectivity index (χ2n) is 1.73. The highest BCUT2D eigenvalue weighted by Crippen LogP contribution is 2.44. The van der Waals surface area contributed by atoms with Crippen molar-refractivity contribution in [2.24, 2.45) is 0 Å². The van der Waals surface area contributed by atoms with Gasteiger partial charge in [-0.3, -0.25) is 0 Å². The van der Waals surface area contributed by atoms with Crippen molar-refractivity contribution < 1.29 is 0 Å². The quantitative estimate of drug-likeness (QED) is 0.682. The maximum atomic E-state index is 8.22. The summed E-state index contributed by atoms with van der Waals surface area (Å²) in [6.45, 7) is -0.225. The Hall–Kier alpha value is -0.110. The van der Waals surface area contributed by atoms with Crippen molar-refractivity contribution in [3.8, 4) is 12.1 Å². The molecule has 0 aliphatic carbocycles. The monoisotopic (exact) mass is 218 g/mol. The van der Waals surface area contributed by atoms with Crippen LogP contribution >= 0.6 is 22.1 Å². The summed E-state index contributed by atoms with van der Waals surface area (Å²) in [7, 11) is 0. The number of halogens is 1. The first-order valence-electron chi connectivity index (χ1n) is 2.96. The summed E-state index contributed by atoms with van der Waals surface area (Å²) in [6.07, 6.45) is 3.02. The fourth-order valence-corrected chi connectivity index (χ4v) is 2.43. The second kappa shape index (κ2) is 7.00. The standard InChI is InChI=1S/C6H8BrN2P/c7-10(5-1-3-8)6-2-4-9/h1-2,5-6H2. The van der Waals surface area contributed by atoms with E-state index in [0.29, 0.717) is 12.8 Å². The smallest absolute Gasteiger partial charge is 0.0625 e. The molecule has 0 aromatic carbocycles. The molecule has 0 saturated carbocycles. The third-order valence-corrected chi connectivity index (χ3v) is 4.48. The Kier molecular flexibility index (Phi) is 6.93. The molecule has 0 bridgehead atoms. The predicted octanol–water partition coefficient (Wildman–Crippen LogP) is 2.61. The highest BCUT2D eigenvalue weighted by molar-refractivity contribution is 9.39. The van der Waals surface area contributed by atoms with Crippen molar-refractivity contribution in [1.82, 2.24) is 0 Å². The van der Waals surface area contributed by atoms with Crippen LogP contribution in [-0.4, -0.2) is 12.3 Å². The third kappa shape index (κ3) is 6.02. The molecular weight excluding hydrogens is 211 g/mol. The lowest BCUT2D eigenvalue weighted by atomic mass is 10.5. The molecule has 0 atom stereocenters. The molecule has 4 heteroatoms. The average Bonchev–Trinajstić information content (AvgIpc) is 1.97. The minimum atomic E-state index is -0.225. The van der Waals surface area contributed by atoms with E-state index in [2.05, 4.69) is 27.6 Å². The number of nitrogens with zero attached hydrogens (tertiary/aromatic N) is 2. The lowest BCUT2D eigenvalue weighted by Gasteiger charge is -2.02. The number of hydrogen-bond acceptors (Lipinski definition) is 2. The van der Waals surface area contributed by atoms with Gasteiger partial charge in [-0.25, -0.2) is 0 Å². The van der Waals surface area contributed by atoms with Gasteiger partial charge in [-0.05, 0) is 18.9 Å². The summed E-state index contributed by atoms with van der Waals surface area (Å²) in [5, 5.41) is 16.4. The Balaban J connectivity index is 3.20. The molecule has 0 aromatic rings. The highest BCUT2D eigenvalue weighted by Gasteiger charge is 2.00. The largest absolute Gasteiger partial charge is 0.198 e. The van der Waals surface area contributed by atoms with Crippen LogP contribution in [0, 0.1) is 22.7 Å². The van der Waals surface area contributed by atoms with Crippen LogP contribution in [0.15, 0.2) is 0 Å². The maximum absolute atomic E-state index is 8.22. The zero-order valence-electron chi connectivity index (χ0n) is 5.55. The highest BCUT2D eigenvalue weighted by atomic mass is 79.9. The molecular formula is C6H8BrN2P. The van der Waals surface area contributed by atoms with Gasteiger partial charge in [0.1, 0.15) is 0 Å². The summed E-state index contributed by atoms with van der Waals surface area (Å²) < 4.78 is 0. The Morgan fingerprint density at radius 1 is 1.10 bits per heavy atom. The van der Waals surface area contributed by atoms with Crippen LogP contribution in [0.1, 0.15) is 12.8 Å². The topological polar surface area (TPSA) is 47.6 Å². The molecule has 0 heterocycles. The molecule has 0 aromatic heterocycles. The number of hydrogen-bond donors (Lipinski definition) is 0. The first-order valence-corrected chi connectivity index (χ1v) is 6.69. The van der Waals surface area contributed by atoms with Gasteiger partial charge < -0.3 is 0 Å². The minimum absolute atomic E-state index is 0.225. The lowest BCUT2D eigenvalue weighted by Crippen LogP contribution is -1.81. The average molecular weight is 219 g/mol. The van der Waals surface area contributed by atoms with E-state index in [1.807, 2.05) is 0 Å². The fourth-order valence-electron chi connectivity index (χ4n) is 0.454. The molecule has 0 rings (SSSR count). The van der Waals surface area contributed by atoms with Crippen molar-refractivity contribution in [3.05, 3.63) is 0 Å². The zero-order valence-corrected chi connectivity index (χ0v) is 8.03. The number of rotatable bonds is 4. The van der Waals surface area contributed by atoms with E-state index in [1.54, 1.807) is 0 Å². The molecule has 0 aliphatic heterocycles. The summed E-state index contributed by atoms with van der Waals surface area (Å²) >= 11 is 3.44. The second-order valence-corrected chi connectivity index (χ2v) is 6.56. The van der Waals surface area contributed by atoms with Gasteiger partial charge in [-0.1, -0.05) is 15.5 Å². The van der Waals surface area contributed by atoms with Gasteiger partial charge in [0.15, 0.2) is 0 Å². The van der Waals surface area contributed by atoms with E-state index in [4.69, 9.17) is 10.5 Å². The molecule has 0 N–H and O–H groups in total. The van der Waals surface area contributed by atoms with Crippen molar-refractivity contribution in [1.29, 1.82) is 10.5 Å². The van der Waals surface area contributed by atoms with Gasteiger partial charge in [0.25, 0.3) is 0 Å². The van der Waals surface area contributed by atoms with Gasteiger partial charge in [-0.2, -0.15) is 10.5 Å². The van der Waals surface area contributed by atoms with Gasteiger partial charge in [0.05, 0.1) is 12.1 Å². The molecule has 10 heavy (non-hydrogen) atoms.